The van der Waals surface area contributed by atoms with Gasteiger partial charge in [-0.3, -0.25) is 0 Å². The van der Waals surface area contributed by atoms with Crippen molar-refractivity contribution in [3.63, 3.8) is 0 Å². The van der Waals surface area contributed by atoms with Gasteiger partial charge in [-0.15, -0.1) is 0 Å². The molecule has 1 aromatic carbocycles. The second-order valence-electron chi connectivity index (χ2n) is 4.36. The summed E-state index contributed by atoms with van der Waals surface area (Å²) in [5, 5.41) is 0. The predicted octanol–water partition coefficient (Wildman–Crippen LogP) is 2.91. The number of hydrogen-bond donors (Lipinski definition) is 0. The molecule has 0 unspecified atom stereocenters. The third-order valence-electron chi connectivity index (χ3n) is 2.55. The van der Waals surface area contributed by atoms with Gasteiger partial charge in [0.15, 0.2) is 11.5 Å². The topological polar surface area (TPSA) is 44.8 Å². The van der Waals surface area contributed by atoms with Crippen molar-refractivity contribution in [1.82, 2.24) is 0 Å². The maximum Gasteiger partial charge on any atom is 0.341 e. The van der Waals surface area contributed by atoms with Gasteiger partial charge in [0.2, 0.25) is 0 Å². The van der Waals surface area contributed by atoms with Crippen molar-refractivity contribution in [2.24, 2.45) is 5.92 Å². The Morgan fingerprint density at radius 1 is 1.28 bits per heavy atom. The molecule has 0 aliphatic carbocycles. The fourth-order valence-electron chi connectivity index (χ4n) is 1.49. The Balaban J connectivity index is 2.93. The van der Waals surface area contributed by atoms with Crippen LogP contribution in [-0.2, 0) is 4.74 Å². The molecule has 0 atom stereocenters. The van der Waals surface area contributed by atoms with Crippen LogP contribution in [-0.4, -0.2) is 26.8 Å². The van der Waals surface area contributed by atoms with Crippen LogP contribution in [0.1, 0.15) is 30.6 Å². The van der Waals surface area contributed by atoms with Crippen LogP contribution >= 0.6 is 0 Å². The standard InChI is InChI=1S/C14H20O4/c1-10(2)8-9-18-13-11(14(15)17-4)6-5-7-12(13)16-3/h5-7,10H,8-9H2,1-4H3. The van der Waals surface area contributed by atoms with Crippen LogP contribution in [0.25, 0.3) is 0 Å². The number of para-hydroxylation sites is 1. The largest absolute Gasteiger partial charge is 0.493 e. The van der Waals surface area contributed by atoms with Crippen molar-refractivity contribution >= 4 is 5.97 Å². The molecule has 0 aliphatic heterocycles. The third-order valence-corrected chi connectivity index (χ3v) is 2.55. The first-order valence-electron chi connectivity index (χ1n) is 5.98. The number of carbonyl (C=O) groups excluding carboxylic acids is 1. The minimum atomic E-state index is -0.423. The summed E-state index contributed by atoms with van der Waals surface area (Å²) in [6.45, 7) is 4.78. The summed E-state index contributed by atoms with van der Waals surface area (Å²) < 4.78 is 15.6. The molecule has 4 nitrogen and oxygen atoms in total. The molecule has 0 amide bonds. The average molecular weight is 252 g/mol. The Morgan fingerprint density at radius 3 is 2.56 bits per heavy atom. The van der Waals surface area contributed by atoms with E-state index in [1.807, 2.05) is 0 Å². The third kappa shape index (κ3) is 3.65. The SMILES string of the molecule is COC(=O)c1cccc(OC)c1OCCC(C)C. The van der Waals surface area contributed by atoms with E-state index in [1.165, 1.54) is 7.11 Å². The summed E-state index contributed by atoms with van der Waals surface area (Å²) in [7, 11) is 2.89. The van der Waals surface area contributed by atoms with Gasteiger partial charge in [0.1, 0.15) is 5.56 Å². The Kier molecular flexibility index (Phi) is 5.49. The van der Waals surface area contributed by atoms with Gasteiger partial charge in [-0.25, -0.2) is 4.79 Å². The van der Waals surface area contributed by atoms with E-state index in [4.69, 9.17) is 14.2 Å². The highest BCUT2D eigenvalue weighted by atomic mass is 16.5. The predicted molar refractivity (Wildman–Crippen MR) is 69.3 cm³/mol. The highest BCUT2D eigenvalue weighted by molar-refractivity contribution is 5.93. The number of benzene rings is 1. The van der Waals surface area contributed by atoms with Gasteiger partial charge in [-0.05, 0) is 24.5 Å². The number of hydrogen-bond acceptors (Lipinski definition) is 4. The Bertz CT molecular complexity index is 399. The molecular formula is C14H20O4. The molecule has 0 fully saturated rings. The number of methoxy groups -OCH3 is 2. The van der Waals surface area contributed by atoms with Crippen molar-refractivity contribution < 1.29 is 19.0 Å². The number of esters is 1. The smallest absolute Gasteiger partial charge is 0.341 e. The van der Waals surface area contributed by atoms with E-state index in [0.29, 0.717) is 29.6 Å². The maximum atomic E-state index is 11.6. The van der Waals surface area contributed by atoms with Crippen molar-refractivity contribution in [3.05, 3.63) is 23.8 Å². The van der Waals surface area contributed by atoms with Crippen molar-refractivity contribution in [2.45, 2.75) is 20.3 Å². The van der Waals surface area contributed by atoms with Gasteiger partial charge >= 0.3 is 5.97 Å². The van der Waals surface area contributed by atoms with E-state index in [1.54, 1.807) is 25.3 Å². The molecule has 1 aromatic rings. The first-order chi connectivity index (χ1) is 8.60. The molecule has 100 valence electrons. The number of carbonyl (C=O) groups is 1. The molecule has 0 aliphatic rings. The molecule has 0 spiro atoms. The minimum Gasteiger partial charge on any atom is -0.493 e. The molecule has 0 heterocycles. The van der Waals surface area contributed by atoms with Gasteiger partial charge in [0.05, 0.1) is 20.8 Å². The van der Waals surface area contributed by atoms with E-state index in [0.717, 1.165) is 6.42 Å². The van der Waals surface area contributed by atoms with Crippen molar-refractivity contribution in [1.29, 1.82) is 0 Å². The molecule has 4 heteroatoms. The first-order valence-corrected chi connectivity index (χ1v) is 5.98. The highest BCUT2D eigenvalue weighted by Crippen LogP contribution is 2.31. The molecule has 0 bridgehead atoms. The molecule has 0 saturated carbocycles. The van der Waals surface area contributed by atoms with Crippen molar-refractivity contribution in [3.8, 4) is 11.5 Å². The number of rotatable bonds is 6. The van der Waals surface area contributed by atoms with E-state index < -0.39 is 5.97 Å². The zero-order valence-corrected chi connectivity index (χ0v) is 11.4. The Labute approximate surface area is 108 Å². The Hall–Kier alpha value is -1.71. The molecule has 0 radical (unpaired) electrons. The second-order valence-corrected chi connectivity index (χ2v) is 4.36. The van der Waals surface area contributed by atoms with Crippen LogP contribution < -0.4 is 9.47 Å². The average Bonchev–Trinajstić information content (AvgIpc) is 2.37. The highest BCUT2D eigenvalue weighted by Gasteiger charge is 2.17. The normalized spacial score (nSPS) is 10.3. The molecule has 18 heavy (non-hydrogen) atoms. The summed E-state index contributed by atoms with van der Waals surface area (Å²) in [6, 6.07) is 5.16. The summed E-state index contributed by atoms with van der Waals surface area (Å²) in [4.78, 5) is 11.6. The zero-order valence-electron chi connectivity index (χ0n) is 11.4. The maximum absolute atomic E-state index is 11.6. The summed E-state index contributed by atoms with van der Waals surface area (Å²) in [6.07, 6.45) is 0.915. The number of ether oxygens (including phenoxy) is 3. The molecular weight excluding hydrogens is 232 g/mol. The monoisotopic (exact) mass is 252 g/mol. The first kappa shape index (κ1) is 14.4. The summed E-state index contributed by atoms with van der Waals surface area (Å²) >= 11 is 0. The lowest BCUT2D eigenvalue weighted by atomic mass is 10.1. The van der Waals surface area contributed by atoms with Crippen molar-refractivity contribution in [2.75, 3.05) is 20.8 Å². The van der Waals surface area contributed by atoms with Crippen LogP contribution in [0.5, 0.6) is 11.5 Å². The summed E-state index contributed by atoms with van der Waals surface area (Å²) in [5.74, 6) is 1.11. The van der Waals surface area contributed by atoms with Gasteiger partial charge in [0, 0.05) is 0 Å². The Morgan fingerprint density at radius 2 is 2.00 bits per heavy atom. The van der Waals surface area contributed by atoms with Crippen LogP contribution in [0.3, 0.4) is 0 Å². The lowest BCUT2D eigenvalue weighted by molar-refractivity contribution is 0.0595. The lowest BCUT2D eigenvalue weighted by Gasteiger charge is -2.14. The second kappa shape index (κ2) is 6.89. The fourth-order valence-corrected chi connectivity index (χ4v) is 1.49. The fraction of sp³-hybridized carbons (Fsp3) is 0.500. The molecule has 0 N–H and O–H groups in total. The summed E-state index contributed by atoms with van der Waals surface area (Å²) in [5.41, 5.74) is 0.389. The van der Waals surface area contributed by atoms with Gasteiger partial charge < -0.3 is 14.2 Å². The van der Waals surface area contributed by atoms with E-state index in [9.17, 15) is 4.79 Å². The van der Waals surface area contributed by atoms with Crippen LogP contribution in [0, 0.1) is 5.92 Å². The lowest BCUT2D eigenvalue weighted by Crippen LogP contribution is -2.09. The van der Waals surface area contributed by atoms with Gasteiger partial charge in [-0.2, -0.15) is 0 Å². The van der Waals surface area contributed by atoms with Crippen LogP contribution in [0.15, 0.2) is 18.2 Å². The van der Waals surface area contributed by atoms with Crippen LogP contribution in [0.4, 0.5) is 0 Å². The van der Waals surface area contributed by atoms with E-state index in [2.05, 4.69) is 13.8 Å². The zero-order chi connectivity index (χ0) is 13.5. The molecule has 1 rings (SSSR count). The van der Waals surface area contributed by atoms with E-state index in [-0.39, 0.29) is 0 Å². The van der Waals surface area contributed by atoms with Gasteiger partial charge in [0.25, 0.3) is 0 Å². The van der Waals surface area contributed by atoms with Gasteiger partial charge in [-0.1, -0.05) is 19.9 Å². The quantitative estimate of drug-likeness (QED) is 0.730. The van der Waals surface area contributed by atoms with Crippen LogP contribution in [0.2, 0.25) is 0 Å². The minimum absolute atomic E-state index is 0.389. The molecule has 0 aromatic heterocycles. The molecule has 0 saturated heterocycles. The van der Waals surface area contributed by atoms with E-state index >= 15 is 0 Å².